The molecule has 0 saturated carbocycles. The lowest BCUT2D eigenvalue weighted by molar-refractivity contribution is 0.240. The summed E-state index contributed by atoms with van der Waals surface area (Å²) in [6, 6.07) is 1.55. The van der Waals surface area contributed by atoms with E-state index in [1.807, 2.05) is 47.6 Å². The van der Waals surface area contributed by atoms with E-state index < -0.39 is 16.1 Å². The molecule has 0 amide bonds. The van der Waals surface area contributed by atoms with E-state index in [4.69, 9.17) is 0 Å². The van der Waals surface area contributed by atoms with Gasteiger partial charge in [-0.05, 0) is 62.3 Å². The number of hydrogen-bond acceptors (Lipinski definition) is 3. The van der Waals surface area contributed by atoms with Crippen molar-refractivity contribution >= 4 is 10.0 Å². The maximum atomic E-state index is 12.7. The summed E-state index contributed by atoms with van der Waals surface area (Å²) in [7, 11) is -3.63. The molecule has 1 aromatic carbocycles. The number of nitrogens with one attached hydrogen (secondary N) is 1. The number of aliphatic hydroxyl groups is 1. The Bertz CT molecular complexity index is 580. The van der Waals surface area contributed by atoms with Crippen LogP contribution in [-0.4, -0.2) is 26.2 Å². The van der Waals surface area contributed by atoms with E-state index in [2.05, 4.69) is 4.72 Å². The zero-order chi connectivity index (χ0) is 16.4. The second kappa shape index (κ2) is 6.90. The van der Waals surface area contributed by atoms with Crippen molar-refractivity contribution in [2.24, 2.45) is 5.92 Å². The van der Waals surface area contributed by atoms with Crippen LogP contribution in [0.2, 0.25) is 0 Å². The van der Waals surface area contributed by atoms with Crippen molar-refractivity contribution in [1.82, 2.24) is 4.72 Å². The van der Waals surface area contributed by atoms with E-state index >= 15 is 0 Å². The van der Waals surface area contributed by atoms with Crippen LogP contribution in [0.1, 0.15) is 42.5 Å². The van der Waals surface area contributed by atoms with Crippen LogP contribution in [0.3, 0.4) is 0 Å². The Kier molecular flexibility index (Phi) is 5.96. The number of rotatable bonds is 6. The van der Waals surface area contributed by atoms with Crippen molar-refractivity contribution in [2.45, 2.75) is 58.9 Å². The zero-order valence-electron chi connectivity index (χ0n) is 13.8. The molecule has 120 valence electrons. The predicted octanol–water partition coefficient (Wildman–Crippen LogP) is 2.61. The second-order valence-electron chi connectivity index (χ2n) is 6.22. The van der Waals surface area contributed by atoms with Crippen LogP contribution in [0, 0.1) is 33.6 Å². The number of aryl methyl sites for hydroxylation is 2. The van der Waals surface area contributed by atoms with Gasteiger partial charge in [0, 0.05) is 6.04 Å². The minimum absolute atomic E-state index is 0.194. The van der Waals surface area contributed by atoms with Crippen molar-refractivity contribution in [3.63, 3.8) is 0 Å². The third-order valence-corrected chi connectivity index (χ3v) is 5.66. The minimum atomic E-state index is -3.63. The van der Waals surface area contributed by atoms with Crippen LogP contribution in [0.4, 0.5) is 0 Å². The average molecular weight is 313 g/mol. The summed E-state index contributed by atoms with van der Waals surface area (Å²) in [4.78, 5) is 0.349. The van der Waals surface area contributed by atoms with Crippen molar-refractivity contribution < 1.29 is 13.5 Å². The lowest BCUT2D eigenvalue weighted by atomic mass is 10.0. The molecule has 0 aromatic heterocycles. The fraction of sp³-hybridized carbons (Fsp3) is 0.625. The number of sulfonamides is 1. The summed E-state index contributed by atoms with van der Waals surface area (Å²) in [6.45, 7) is 11.3. The Labute approximate surface area is 128 Å². The van der Waals surface area contributed by atoms with Crippen molar-refractivity contribution in [3.05, 3.63) is 28.3 Å². The summed E-state index contributed by atoms with van der Waals surface area (Å²) in [6.07, 6.45) is 0.610. The number of hydrogen-bond donors (Lipinski definition) is 2. The predicted molar refractivity (Wildman–Crippen MR) is 86.0 cm³/mol. The van der Waals surface area contributed by atoms with E-state index in [0.717, 1.165) is 22.3 Å². The van der Waals surface area contributed by atoms with Gasteiger partial charge in [-0.1, -0.05) is 19.9 Å². The lowest BCUT2D eigenvalue weighted by Crippen LogP contribution is -2.39. The fourth-order valence-electron chi connectivity index (χ4n) is 2.59. The summed E-state index contributed by atoms with van der Waals surface area (Å²) in [5, 5.41) is 9.41. The van der Waals surface area contributed by atoms with Gasteiger partial charge in [0.2, 0.25) is 10.0 Å². The Morgan fingerprint density at radius 3 is 1.95 bits per heavy atom. The summed E-state index contributed by atoms with van der Waals surface area (Å²) in [5.74, 6) is 0.311. The molecule has 0 aliphatic carbocycles. The monoisotopic (exact) mass is 313 g/mol. The quantitative estimate of drug-likeness (QED) is 0.848. The molecular formula is C16H27NO3S. The molecule has 0 bridgehead atoms. The molecule has 1 aromatic rings. The molecule has 0 spiro atoms. The number of aliphatic hydroxyl groups excluding tert-OH is 1. The van der Waals surface area contributed by atoms with Gasteiger partial charge >= 0.3 is 0 Å². The first-order valence-electron chi connectivity index (χ1n) is 7.30. The molecule has 5 heteroatoms. The van der Waals surface area contributed by atoms with Gasteiger partial charge in [0.25, 0.3) is 0 Å². The van der Waals surface area contributed by atoms with Crippen LogP contribution >= 0.6 is 0 Å². The van der Waals surface area contributed by atoms with E-state index in [0.29, 0.717) is 17.2 Å². The van der Waals surface area contributed by atoms with Crippen molar-refractivity contribution in [1.29, 1.82) is 0 Å². The van der Waals surface area contributed by atoms with Gasteiger partial charge in [-0.2, -0.15) is 0 Å². The normalized spacial score (nSPS) is 13.7. The van der Waals surface area contributed by atoms with E-state index in [9.17, 15) is 13.5 Å². The zero-order valence-corrected chi connectivity index (χ0v) is 14.6. The van der Waals surface area contributed by atoms with Gasteiger partial charge in [-0.15, -0.1) is 0 Å². The highest BCUT2D eigenvalue weighted by molar-refractivity contribution is 7.89. The fourth-order valence-corrected chi connectivity index (χ4v) is 4.45. The first-order valence-corrected chi connectivity index (χ1v) is 8.79. The van der Waals surface area contributed by atoms with Gasteiger partial charge in [-0.25, -0.2) is 13.1 Å². The molecule has 21 heavy (non-hydrogen) atoms. The van der Waals surface area contributed by atoms with Gasteiger partial charge in [0.05, 0.1) is 11.5 Å². The van der Waals surface area contributed by atoms with Crippen LogP contribution in [0.25, 0.3) is 0 Å². The highest BCUT2D eigenvalue weighted by atomic mass is 32.2. The maximum absolute atomic E-state index is 12.7. The Morgan fingerprint density at radius 1 is 1.10 bits per heavy atom. The molecule has 0 heterocycles. The Balaban J connectivity index is 3.26. The molecule has 1 rings (SSSR count). The third-order valence-electron chi connectivity index (χ3n) is 3.86. The average Bonchev–Trinajstić information content (AvgIpc) is 2.34. The molecule has 0 saturated heterocycles. The molecule has 0 aliphatic rings. The SMILES string of the molecule is Cc1cc(C)c(C)c(S(=O)(=O)NC(CO)CC(C)C)c1C. The van der Waals surface area contributed by atoms with Crippen LogP contribution in [0.15, 0.2) is 11.0 Å². The Hall–Kier alpha value is -0.910. The van der Waals surface area contributed by atoms with Crippen molar-refractivity contribution in [2.75, 3.05) is 6.61 Å². The van der Waals surface area contributed by atoms with Crippen LogP contribution in [-0.2, 0) is 10.0 Å². The molecule has 1 unspecified atom stereocenters. The van der Waals surface area contributed by atoms with Gasteiger partial charge < -0.3 is 5.11 Å². The molecular weight excluding hydrogens is 286 g/mol. The summed E-state index contributed by atoms with van der Waals surface area (Å²) in [5.41, 5.74) is 3.46. The molecule has 0 radical (unpaired) electrons. The largest absolute Gasteiger partial charge is 0.395 e. The smallest absolute Gasteiger partial charge is 0.241 e. The lowest BCUT2D eigenvalue weighted by Gasteiger charge is -2.21. The standard InChI is InChI=1S/C16H27NO3S/c1-10(2)7-15(9-18)17-21(19,20)16-13(5)11(3)8-12(4)14(16)6/h8,10,15,17-18H,7,9H2,1-6H3. The second-order valence-corrected chi connectivity index (χ2v) is 7.87. The highest BCUT2D eigenvalue weighted by Gasteiger charge is 2.25. The van der Waals surface area contributed by atoms with Crippen LogP contribution < -0.4 is 4.72 Å². The summed E-state index contributed by atoms with van der Waals surface area (Å²) >= 11 is 0. The molecule has 0 fully saturated rings. The highest BCUT2D eigenvalue weighted by Crippen LogP contribution is 2.26. The summed E-state index contributed by atoms with van der Waals surface area (Å²) < 4.78 is 28.1. The Morgan fingerprint density at radius 2 is 1.57 bits per heavy atom. The number of benzene rings is 1. The maximum Gasteiger partial charge on any atom is 0.241 e. The minimum Gasteiger partial charge on any atom is -0.395 e. The first-order chi connectivity index (χ1) is 9.60. The van der Waals surface area contributed by atoms with Gasteiger partial charge in [0.15, 0.2) is 0 Å². The van der Waals surface area contributed by atoms with Crippen molar-refractivity contribution in [3.8, 4) is 0 Å². The topological polar surface area (TPSA) is 66.4 Å². The first kappa shape index (κ1) is 18.1. The van der Waals surface area contributed by atoms with E-state index in [-0.39, 0.29) is 6.61 Å². The third kappa shape index (κ3) is 4.28. The molecule has 4 nitrogen and oxygen atoms in total. The van der Waals surface area contributed by atoms with E-state index in [1.165, 1.54) is 0 Å². The molecule has 0 aliphatic heterocycles. The van der Waals surface area contributed by atoms with Gasteiger partial charge in [-0.3, -0.25) is 0 Å². The molecule has 1 atom stereocenters. The van der Waals surface area contributed by atoms with Gasteiger partial charge in [0.1, 0.15) is 0 Å². The van der Waals surface area contributed by atoms with Crippen LogP contribution in [0.5, 0.6) is 0 Å². The van der Waals surface area contributed by atoms with E-state index in [1.54, 1.807) is 0 Å². The molecule has 2 N–H and O–H groups in total.